The van der Waals surface area contributed by atoms with Crippen molar-refractivity contribution < 1.29 is 32.6 Å². The van der Waals surface area contributed by atoms with Crippen LogP contribution in [0.5, 0.6) is 5.75 Å². The Morgan fingerprint density at radius 3 is 2.43 bits per heavy atom. The summed E-state index contributed by atoms with van der Waals surface area (Å²) in [5.74, 6) is -3.62. The van der Waals surface area contributed by atoms with E-state index in [-0.39, 0.29) is 29.6 Å². The van der Waals surface area contributed by atoms with E-state index in [1.54, 1.807) is 12.1 Å². The Morgan fingerprint density at radius 2 is 1.77 bits per heavy atom. The van der Waals surface area contributed by atoms with Gasteiger partial charge in [0.1, 0.15) is 5.75 Å². The van der Waals surface area contributed by atoms with Crippen molar-refractivity contribution in [3.05, 3.63) is 52.6 Å². The number of halogens is 3. The van der Waals surface area contributed by atoms with Crippen molar-refractivity contribution in [3.8, 4) is 5.75 Å². The standard InChI is InChI=1S/C19H18ClF2N3O5/c1-29-16-4-3-10(23-6-5-17(26)30-2)7-15(16)24-19(28)25-18(27)11-8-13(21)14(22)9-12(11)20/h3-4,7-9,23H,5-6H2,1-2H3,(H2,24,25,27,28). The molecule has 2 aromatic rings. The Kier molecular flexibility index (Phi) is 7.93. The van der Waals surface area contributed by atoms with Gasteiger partial charge in [-0.15, -0.1) is 0 Å². The molecule has 30 heavy (non-hydrogen) atoms. The highest BCUT2D eigenvalue weighted by Crippen LogP contribution is 2.28. The second kappa shape index (κ2) is 10.4. The number of hydrogen-bond acceptors (Lipinski definition) is 6. The minimum atomic E-state index is -1.28. The molecule has 0 aliphatic rings. The molecule has 0 aliphatic carbocycles. The molecule has 0 fully saturated rings. The van der Waals surface area contributed by atoms with Crippen LogP contribution in [0.1, 0.15) is 16.8 Å². The highest BCUT2D eigenvalue weighted by molar-refractivity contribution is 6.34. The van der Waals surface area contributed by atoms with Crippen molar-refractivity contribution in [2.45, 2.75) is 6.42 Å². The van der Waals surface area contributed by atoms with Crippen LogP contribution in [0.3, 0.4) is 0 Å². The van der Waals surface area contributed by atoms with Gasteiger partial charge in [-0.25, -0.2) is 13.6 Å². The molecule has 0 spiro atoms. The Hall–Kier alpha value is -3.40. The molecule has 0 radical (unpaired) electrons. The number of carbonyl (C=O) groups excluding carboxylic acids is 3. The normalized spacial score (nSPS) is 10.2. The Morgan fingerprint density at radius 1 is 1.07 bits per heavy atom. The van der Waals surface area contributed by atoms with Crippen LogP contribution >= 0.6 is 11.6 Å². The fourth-order valence-corrected chi connectivity index (χ4v) is 2.58. The van der Waals surface area contributed by atoms with Crippen molar-refractivity contribution in [2.75, 3.05) is 31.4 Å². The molecule has 8 nitrogen and oxygen atoms in total. The molecule has 0 aromatic heterocycles. The molecule has 0 unspecified atom stereocenters. The van der Waals surface area contributed by atoms with Crippen molar-refractivity contribution in [1.82, 2.24) is 5.32 Å². The Labute approximate surface area is 175 Å². The molecular formula is C19H18ClF2N3O5. The van der Waals surface area contributed by atoms with Crippen LogP contribution in [0, 0.1) is 11.6 Å². The van der Waals surface area contributed by atoms with Gasteiger partial charge in [-0.1, -0.05) is 11.6 Å². The van der Waals surface area contributed by atoms with Gasteiger partial charge >= 0.3 is 12.0 Å². The molecule has 2 rings (SSSR count). The van der Waals surface area contributed by atoms with Gasteiger partial charge < -0.3 is 20.1 Å². The summed E-state index contributed by atoms with van der Waals surface area (Å²) in [6.45, 7) is 0.289. The summed E-state index contributed by atoms with van der Waals surface area (Å²) in [6, 6.07) is 5.01. The third-order valence-electron chi connectivity index (χ3n) is 3.82. The number of esters is 1. The fourth-order valence-electron chi connectivity index (χ4n) is 2.35. The summed E-state index contributed by atoms with van der Waals surface area (Å²) in [5, 5.41) is 7.01. The number of imide groups is 1. The lowest BCUT2D eigenvalue weighted by molar-refractivity contribution is -0.140. The van der Waals surface area contributed by atoms with Gasteiger partial charge in [0.05, 0.1) is 36.9 Å². The Balaban J connectivity index is 2.07. The lowest BCUT2D eigenvalue weighted by atomic mass is 10.2. The molecule has 0 saturated heterocycles. The molecule has 0 heterocycles. The predicted octanol–water partition coefficient (Wildman–Crippen LogP) is 3.56. The first-order valence-corrected chi connectivity index (χ1v) is 8.88. The van der Waals surface area contributed by atoms with Crippen molar-refractivity contribution in [2.24, 2.45) is 0 Å². The predicted molar refractivity (Wildman–Crippen MR) is 106 cm³/mol. The lowest BCUT2D eigenvalue weighted by Gasteiger charge is -2.13. The summed E-state index contributed by atoms with van der Waals surface area (Å²) < 4.78 is 36.2. The highest BCUT2D eigenvalue weighted by Gasteiger charge is 2.18. The maximum Gasteiger partial charge on any atom is 0.326 e. The molecule has 3 N–H and O–H groups in total. The molecule has 160 valence electrons. The number of rotatable bonds is 7. The third kappa shape index (κ3) is 6.05. The monoisotopic (exact) mass is 441 g/mol. The number of nitrogens with one attached hydrogen (secondary N) is 3. The van der Waals surface area contributed by atoms with E-state index in [1.807, 2.05) is 5.32 Å². The zero-order valence-electron chi connectivity index (χ0n) is 16.0. The molecule has 2 aromatic carbocycles. The summed E-state index contributed by atoms with van der Waals surface area (Å²) in [7, 11) is 2.67. The number of ether oxygens (including phenoxy) is 2. The number of amides is 3. The van der Waals surface area contributed by atoms with Crippen LogP contribution in [0.4, 0.5) is 25.0 Å². The van der Waals surface area contributed by atoms with Crippen LogP contribution in [0.2, 0.25) is 5.02 Å². The first kappa shape index (κ1) is 22.9. The van der Waals surface area contributed by atoms with E-state index in [0.29, 0.717) is 23.6 Å². The van der Waals surface area contributed by atoms with Crippen LogP contribution in [0.15, 0.2) is 30.3 Å². The second-order valence-electron chi connectivity index (χ2n) is 5.82. The largest absolute Gasteiger partial charge is 0.495 e. The van der Waals surface area contributed by atoms with Gasteiger partial charge in [0, 0.05) is 12.2 Å². The zero-order chi connectivity index (χ0) is 22.3. The van der Waals surface area contributed by atoms with Crippen LogP contribution in [0.25, 0.3) is 0 Å². The topological polar surface area (TPSA) is 106 Å². The first-order valence-electron chi connectivity index (χ1n) is 8.50. The minimum Gasteiger partial charge on any atom is -0.495 e. The van der Waals surface area contributed by atoms with E-state index < -0.39 is 29.1 Å². The molecule has 11 heteroatoms. The van der Waals surface area contributed by atoms with Gasteiger partial charge in [-0.2, -0.15) is 0 Å². The van der Waals surface area contributed by atoms with E-state index in [1.165, 1.54) is 20.3 Å². The van der Waals surface area contributed by atoms with Crippen LogP contribution in [-0.2, 0) is 9.53 Å². The Bertz CT molecular complexity index is 971. The fraction of sp³-hybridized carbons (Fsp3) is 0.211. The lowest BCUT2D eigenvalue weighted by Crippen LogP contribution is -2.34. The van der Waals surface area contributed by atoms with Crippen molar-refractivity contribution in [1.29, 1.82) is 0 Å². The average Bonchev–Trinajstić information content (AvgIpc) is 2.70. The maximum absolute atomic E-state index is 13.4. The zero-order valence-corrected chi connectivity index (χ0v) is 16.7. The van der Waals surface area contributed by atoms with E-state index in [9.17, 15) is 23.2 Å². The SMILES string of the molecule is COC(=O)CCNc1ccc(OC)c(NC(=O)NC(=O)c2cc(F)c(F)cc2Cl)c1. The van der Waals surface area contributed by atoms with E-state index in [2.05, 4.69) is 15.4 Å². The summed E-state index contributed by atoms with van der Waals surface area (Å²) >= 11 is 5.73. The maximum atomic E-state index is 13.4. The summed E-state index contributed by atoms with van der Waals surface area (Å²) in [6.07, 6.45) is 0.134. The number of anilines is 2. The van der Waals surface area contributed by atoms with E-state index >= 15 is 0 Å². The number of hydrogen-bond donors (Lipinski definition) is 3. The smallest absolute Gasteiger partial charge is 0.326 e. The molecular weight excluding hydrogens is 424 g/mol. The molecule has 0 saturated carbocycles. The first-order chi connectivity index (χ1) is 14.2. The molecule has 3 amide bonds. The van der Waals surface area contributed by atoms with E-state index in [4.69, 9.17) is 16.3 Å². The van der Waals surface area contributed by atoms with Gasteiger partial charge in [0.25, 0.3) is 5.91 Å². The minimum absolute atomic E-state index is 0.134. The van der Waals surface area contributed by atoms with Gasteiger partial charge in [-0.3, -0.25) is 14.9 Å². The van der Waals surface area contributed by atoms with Gasteiger partial charge in [-0.05, 0) is 30.3 Å². The van der Waals surface area contributed by atoms with Gasteiger partial charge in [0.2, 0.25) is 0 Å². The molecule has 0 bridgehead atoms. The number of methoxy groups -OCH3 is 2. The summed E-state index contributed by atoms with van der Waals surface area (Å²) in [5.41, 5.74) is 0.364. The van der Waals surface area contributed by atoms with Crippen LogP contribution < -0.4 is 20.7 Å². The second-order valence-corrected chi connectivity index (χ2v) is 6.23. The quantitative estimate of drug-likeness (QED) is 0.448. The van der Waals surface area contributed by atoms with E-state index in [0.717, 1.165) is 0 Å². The molecule has 0 aliphatic heterocycles. The van der Waals surface area contributed by atoms with Crippen molar-refractivity contribution in [3.63, 3.8) is 0 Å². The van der Waals surface area contributed by atoms with Crippen LogP contribution in [-0.4, -0.2) is 38.7 Å². The van der Waals surface area contributed by atoms with Gasteiger partial charge in [0.15, 0.2) is 11.6 Å². The molecule has 0 atom stereocenters. The average molecular weight is 442 g/mol. The summed E-state index contributed by atoms with van der Waals surface area (Å²) in [4.78, 5) is 35.5. The number of urea groups is 1. The van der Waals surface area contributed by atoms with Crippen molar-refractivity contribution >= 4 is 40.9 Å². The third-order valence-corrected chi connectivity index (χ3v) is 4.13. The number of carbonyl (C=O) groups is 3. The number of benzene rings is 2. The highest BCUT2D eigenvalue weighted by atomic mass is 35.5.